The van der Waals surface area contributed by atoms with Crippen LogP contribution in [0.5, 0.6) is 5.75 Å². The average Bonchev–Trinajstić information content (AvgIpc) is 2.50. The van der Waals surface area contributed by atoms with Crippen LogP contribution in [-0.4, -0.2) is 14.2 Å². The highest BCUT2D eigenvalue weighted by Gasteiger charge is 2.09. The number of nitrogens with one attached hydrogen (secondary N) is 1. The number of hydrogen-bond donors (Lipinski definition) is 1. The summed E-state index contributed by atoms with van der Waals surface area (Å²) in [6, 6.07) is 17.2. The van der Waals surface area contributed by atoms with Crippen LogP contribution >= 0.6 is 15.9 Å². The standard InChI is InChI=1S/C17H20BrNO/c1-19-17(14-6-8-15(18)9-7-14)12-5-13-3-10-16(20-2)11-4-13/h3-4,6-11,17,19H,5,12H2,1-2H3. The molecule has 2 rings (SSSR count). The normalized spacial score (nSPS) is 12.2. The molecule has 2 nitrogen and oxygen atoms in total. The molecule has 0 fully saturated rings. The predicted octanol–water partition coefficient (Wildman–Crippen LogP) is 4.35. The first-order chi connectivity index (χ1) is 9.72. The van der Waals surface area contributed by atoms with Gasteiger partial charge in [0.25, 0.3) is 0 Å². The molecule has 0 heterocycles. The minimum absolute atomic E-state index is 0.380. The molecule has 0 spiro atoms. The molecule has 2 aromatic rings. The number of benzene rings is 2. The molecule has 2 aromatic carbocycles. The summed E-state index contributed by atoms with van der Waals surface area (Å²) in [4.78, 5) is 0. The summed E-state index contributed by atoms with van der Waals surface area (Å²) in [5.74, 6) is 0.909. The van der Waals surface area contributed by atoms with Crippen LogP contribution in [0.4, 0.5) is 0 Å². The van der Waals surface area contributed by atoms with E-state index < -0.39 is 0 Å². The molecule has 3 heteroatoms. The largest absolute Gasteiger partial charge is 0.497 e. The fourth-order valence-electron chi connectivity index (χ4n) is 2.28. The lowest BCUT2D eigenvalue weighted by molar-refractivity contribution is 0.414. The van der Waals surface area contributed by atoms with E-state index in [0.29, 0.717) is 6.04 Å². The first-order valence-corrected chi connectivity index (χ1v) is 7.58. The van der Waals surface area contributed by atoms with Crippen LogP contribution in [-0.2, 0) is 6.42 Å². The van der Waals surface area contributed by atoms with Gasteiger partial charge in [-0.3, -0.25) is 0 Å². The van der Waals surface area contributed by atoms with E-state index in [9.17, 15) is 0 Å². The van der Waals surface area contributed by atoms with Crippen LogP contribution in [0.3, 0.4) is 0 Å². The van der Waals surface area contributed by atoms with Crippen molar-refractivity contribution in [3.63, 3.8) is 0 Å². The van der Waals surface area contributed by atoms with Gasteiger partial charge in [-0.15, -0.1) is 0 Å². The van der Waals surface area contributed by atoms with Crippen molar-refractivity contribution in [2.75, 3.05) is 14.2 Å². The summed E-state index contributed by atoms with van der Waals surface area (Å²) in [6.45, 7) is 0. The summed E-state index contributed by atoms with van der Waals surface area (Å²) in [6.07, 6.45) is 2.12. The lowest BCUT2D eigenvalue weighted by Gasteiger charge is -2.17. The lowest BCUT2D eigenvalue weighted by atomic mass is 9.99. The van der Waals surface area contributed by atoms with Crippen molar-refractivity contribution < 1.29 is 4.74 Å². The van der Waals surface area contributed by atoms with Crippen molar-refractivity contribution in [1.82, 2.24) is 5.32 Å². The Bertz CT molecular complexity index is 522. The Balaban J connectivity index is 1.97. The molecule has 0 aliphatic heterocycles. The van der Waals surface area contributed by atoms with Crippen LogP contribution in [0.25, 0.3) is 0 Å². The van der Waals surface area contributed by atoms with Gasteiger partial charge >= 0.3 is 0 Å². The van der Waals surface area contributed by atoms with E-state index in [2.05, 4.69) is 57.6 Å². The highest BCUT2D eigenvalue weighted by atomic mass is 79.9. The Morgan fingerprint density at radius 2 is 1.70 bits per heavy atom. The Labute approximate surface area is 129 Å². The Morgan fingerprint density at radius 3 is 2.25 bits per heavy atom. The minimum Gasteiger partial charge on any atom is -0.497 e. The van der Waals surface area contributed by atoms with E-state index in [1.54, 1.807) is 7.11 Å². The van der Waals surface area contributed by atoms with Crippen LogP contribution in [0, 0.1) is 0 Å². The molecular weight excluding hydrogens is 314 g/mol. The predicted molar refractivity (Wildman–Crippen MR) is 87.3 cm³/mol. The van der Waals surface area contributed by atoms with Crippen molar-refractivity contribution in [3.8, 4) is 5.75 Å². The zero-order valence-electron chi connectivity index (χ0n) is 11.9. The molecule has 0 saturated carbocycles. The van der Waals surface area contributed by atoms with Crippen molar-refractivity contribution in [2.24, 2.45) is 0 Å². The Kier molecular flexibility index (Phi) is 5.62. The summed E-state index contributed by atoms with van der Waals surface area (Å²) in [7, 11) is 3.71. The number of rotatable bonds is 6. The van der Waals surface area contributed by atoms with Gasteiger partial charge < -0.3 is 10.1 Å². The minimum atomic E-state index is 0.380. The highest BCUT2D eigenvalue weighted by molar-refractivity contribution is 9.10. The molecule has 20 heavy (non-hydrogen) atoms. The molecule has 106 valence electrons. The number of hydrogen-bond acceptors (Lipinski definition) is 2. The van der Waals surface area contributed by atoms with Crippen molar-refractivity contribution >= 4 is 15.9 Å². The quantitative estimate of drug-likeness (QED) is 0.848. The van der Waals surface area contributed by atoms with E-state index in [4.69, 9.17) is 4.74 Å². The molecule has 0 bridgehead atoms. The summed E-state index contributed by atoms with van der Waals surface area (Å²) in [5.41, 5.74) is 2.66. The third kappa shape index (κ3) is 4.09. The highest BCUT2D eigenvalue weighted by Crippen LogP contribution is 2.22. The molecule has 1 unspecified atom stereocenters. The van der Waals surface area contributed by atoms with Gasteiger partial charge in [-0.2, -0.15) is 0 Å². The maximum absolute atomic E-state index is 5.18. The fourth-order valence-corrected chi connectivity index (χ4v) is 2.54. The zero-order chi connectivity index (χ0) is 14.4. The monoisotopic (exact) mass is 333 g/mol. The van der Waals surface area contributed by atoms with Crippen LogP contribution in [0.1, 0.15) is 23.6 Å². The second-order valence-electron chi connectivity index (χ2n) is 4.78. The summed E-state index contributed by atoms with van der Waals surface area (Å²) < 4.78 is 6.30. The van der Waals surface area contributed by atoms with E-state index in [1.165, 1.54) is 11.1 Å². The van der Waals surface area contributed by atoms with Crippen molar-refractivity contribution in [1.29, 1.82) is 0 Å². The molecule has 0 radical (unpaired) electrons. The molecule has 0 aliphatic rings. The van der Waals surface area contributed by atoms with Gasteiger partial charge in [-0.05, 0) is 55.3 Å². The SMILES string of the molecule is CNC(CCc1ccc(OC)cc1)c1ccc(Br)cc1. The fraction of sp³-hybridized carbons (Fsp3) is 0.294. The number of ether oxygens (including phenoxy) is 1. The van der Waals surface area contributed by atoms with Crippen molar-refractivity contribution in [3.05, 3.63) is 64.1 Å². The van der Waals surface area contributed by atoms with Gasteiger partial charge in [0.1, 0.15) is 5.75 Å². The summed E-state index contributed by atoms with van der Waals surface area (Å²) in [5, 5.41) is 3.39. The number of methoxy groups -OCH3 is 1. The zero-order valence-corrected chi connectivity index (χ0v) is 13.5. The Morgan fingerprint density at radius 1 is 1.05 bits per heavy atom. The first kappa shape index (κ1) is 15.1. The van der Waals surface area contributed by atoms with Crippen LogP contribution < -0.4 is 10.1 Å². The molecular formula is C17H20BrNO. The maximum Gasteiger partial charge on any atom is 0.118 e. The topological polar surface area (TPSA) is 21.3 Å². The van der Waals surface area contributed by atoms with Gasteiger partial charge in [-0.1, -0.05) is 40.2 Å². The maximum atomic E-state index is 5.18. The van der Waals surface area contributed by atoms with Crippen LogP contribution in [0.15, 0.2) is 53.0 Å². The van der Waals surface area contributed by atoms with E-state index in [1.807, 2.05) is 19.2 Å². The first-order valence-electron chi connectivity index (χ1n) is 6.78. The third-order valence-electron chi connectivity index (χ3n) is 3.50. The lowest BCUT2D eigenvalue weighted by Crippen LogP contribution is -2.17. The van der Waals surface area contributed by atoms with E-state index in [-0.39, 0.29) is 0 Å². The number of aryl methyl sites for hydroxylation is 1. The smallest absolute Gasteiger partial charge is 0.118 e. The molecule has 0 saturated heterocycles. The second kappa shape index (κ2) is 7.46. The second-order valence-corrected chi connectivity index (χ2v) is 5.70. The van der Waals surface area contributed by atoms with E-state index >= 15 is 0 Å². The molecule has 1 atom stereocenters. The molecule has 1 N–H and O–H groups in total. The molecule has 0 aromatic heterocycles. The van der Waals surface area contributed by atoms with Gasteiger partial charge in [0, 0.05) is 10.5 Å². The molecule has 0 aliphatic carbocycles. The number of halogens is 1. The van der Waals surface area contributed by atoms with Gasteiger partial charge in [-0.25, -0.2) is 0 Å². The van der Waals surface area contributed by atoms with E-state index in [0.717, 1.165) is 23.1 Å². The Hall–Kier alpha value is -1.32. The van der Waals surface area contributed by atoms with Crippen molar-refractivity contribution in [2.45, 2.75) is 18.9 Å². The molecule has 0 amide bonds. The van der Waals surface area contributed by atoms with Gasteiger partial charge in [0.15, 0.2) is 0 Å². The summed E-state index contributed by atoms with van der Waals surface area (Å²) >= 11 is 3.47. The third-order valence-corrected chi connectivity index (χ3v) is 4.03. The average molecular weight is 334 g/mol. The van der Waals surface area contributed by atoms with Gasteiger partial charge in [0.2, 0.25) is 0 Å². The van der Waals surface area contributed by atoms with Crippen LogP contribution in [0.2, 0.25) is 0 Å². The van der Waals surface area contributed by atoms with Gasteiger partial charge in [0.05, 0.1) is 7.11 Å².